The molecule has 1 atom stereocenters. The van der Waals surface area contributed by atoms with Crippen LogP contribution in [0.15, 0.2) is 23.1 Å². The van der Waals surface area contributed by atoms with E-state index in [9.17, 15) is 9.59 Å². The van der Waals surface area contributed by atoms with Gasteiger partial charge in [0, 0.05) is 32.4 Å². The molecule has 0 aliphatic heterocycles. The van der Waals surface area contributed by atoms with Crippen LogP contribution in [-0.4, -0.2) is 41.2 Å². The summed E-state index contributed by atoms with van der Waals surface area (Å²) < 4.78 is 5.61. The summed E-state index contributed by atoms with van der Waals surface area (Å²) in [5.74, 6) is -0.636. The standard InChI is InChI=1S/C18H23BrN8O2/c1-10-15(19)11(2)27(24-10)12(3)17(28)23-14-8-22-26(5)16(14)18(29)20-6-13-7-21-25(4)9-13/h7-9,12H,6H2,1-5H3,(H,20,29)(H,23,28). The van der Waals surface area contributed by atoms with Crippen molar-refractivity contribution in [1.82, 2.24) is 34.7 Å². The van der Waals surface area contributed by atoms with Crippen molar-refractivity contribution in [1.29, 1.82) is 0 Å². The fraction of sp³-hybridized carbons (Fsp3) is 0.389. The van der Waals surface area contributed by atoms with Crippen LogP contribution in [0, 0.1) is 13.8 Å². The summed E-state index contributed by atoms with van der Waals surface area (Å²) in [5, 5.41) is 18.2. The van der Waals surface area contributed by atoms with Crippen molar-refractivity contribution in [2.75, 3.05) is 5.32 Å². The van der Waals surface area contributed by atoms with Gasteiger partial charge in [0.1, 0.15) is 11.7 Å². The number of hydrogen-bond donors (Lipinski definition) is 2. The van der Waals surface area contributed by atoms with E-state index in [1.165, 1.54) is 10.9 Å². The molecule has 2 amide bonds. The lowest BCUT2D eigenvalue weighted by molar-refractivity contribution is -0.119. The molecule has 3 aromatic heterocycles. The second-order valence-corrected chi connectivity index (χ2v) is 7.62. The van der Waals surface area contributed by atoms with E-state index in [-0.39, 0.29) is 17.5 Å². The second-order valence-electron chi connectivity index (χ2n) is 6.83. The molecule has 154 valence electrons. The molecule has 0 fully saturated rings. The number of carbonyl (C=O) groups is 2. The Morgan fingerprint density at radius 1 is 1.21 bits per heavy atom. The van der Waals surface area contributed by atoms with Crippen molar-refractivity contribution in [2.24, 2.45) is 14.1 Å². The number of anilines is 1. The molecule has 3 heterocycles. The minimum absolute atomic E-state index is 0.268. The third-order valence-corrected chi connectivity index (χ3v) is 5.75. The molecule has 3 rings (SSSR count). The number of aromatic nitrogens is 6. The van der Waals surface area contributed by atoms with Gasteiger partial charge in [0.05, 0.1) is 33.9 Å². The molecule has 11 heteroatoms. The van der Waals surface area contributed by atoms with Crippen LogP contribution in [0.3, 0.4) is 0 Å². The van der Waals surface area contributed by atoms with E-state index in [0.717, 1.165) is 21.4 Å². The van der Waals surface area contributed by atoms with Crippen molar-refractivity contribution < 1.29 is 9.59 Å². The molecule has 0 saturated heterocycles. The van der Waals surface area contributed by atoms with Gasteiger partial charge in [0.2, 0.25) is 5.91 Å². The Kier molecular flexibility index (Phi) is 5.87. The van der Waals surface area contributed by atoms with Crippen LogP contribution in [0.1, 0.15) is 40.4 Å². The van der Waals surface area contributed by atoms with E-state index < -0.39 is 6.04 Å². The SMILES string of the molecule is Cc1nn(C(C)C(=O)Nc2cnn(C)c2C(=O)NCc2cnn(C)c2)c(C)c1Br. The lowest BCUT2D eigenvalue weighted by Gasteiger charge is -2.15. The Labute approximate surface area is 176 Å². The van der Waals surface area contributed by atoms with Crippen LogP contribution in [0.4, 0.5) is 5.69 Å². The largest absolute Gasteiger partial charge is 0.346 e. The highest BCUT2D eigenvalue weighted by atomic mass is 79.9. The Balaban J connectivity index is 1.73. The topological polar surface area (TPSA) is 112 Å². The first kappa shape index (κ1) is 20.8. The molecule has 1 unspecified atom stereocenters. The van der Waals surface area contributed by atoms with Crippen LogP contribution < -0.4 is 10.6 Å². The zero-order valence-electron chi connectivity index (χ0n) is 16.9. The normalized spacial score (nSPS) is 12.1. The van der Waals surface area contributed by atoms with E-state index in [4.69, 9.17) is 0 Å². The van der Waals surface area contributed by atoms with Gasteiger partial charge in [-0.25, -0.2) is 0 Å². The molecule has 3 aromatic rings. The molecular formula is C18H23BrN8O2. The average molecular weight is 463 g/mol. The zero-order chi connectivity index (χ0) is 21.3. The van der Waals surface area contributed by atoms with Crippen molar-refractivity contribution in [3.05, 3.63) is 45.7 Å². The monoisotopic (exact) mass is 462 g/mol. The van der Waals surface area contributed by atoms with Gasteiger partial charge in [-0.1, -0.05) is 0 Å². The van der Waals surface area contributed by atoms with Crippen LogP contribution in [0.25, 0.3) is 0 Å². The summed E-state index contributed by atoms with van der Waals surface area (Å²) in [6.07, 6.45) is 4.96. The van der Waals surface area contributed by atoms with Crippen molar-refractivity contribution in [3.8, 4) is 0 Å². The van der Waals surface area contributed by atoms with Crippen LogP contribution in [-0.2, 0) is 25.4 Å². The number of halogens is 1. The first-order chi connectivity index (χ1) is 13.7. The Hall–Kier alpha value is -2.95. The van der Waals surface area contributed by atoms with E-state index in [2.05, 4.69) is 41.9 Å². The highest BCUT2D eigenvalue weighted by molar-refractivity contribution is 9.10. The van der Waals surface area contributed by atoms with Gasteiger partial charge in [-0.05, 0) is 36.7 Å². The molecular weight excluding hydrogens is 440 g/mol. The Bertz CT molecular complexity index is 1060. The van der Waals surface area contributed by atoms with Crippen LogP contribution >= 0.6 is 15.9 Å². The van der Waals surface area contributed by atoms with Gasteiger partial charge in [0.15, 0.2) is 0 Å². The van der Waals surface area contributed by atoms with Crippen LogP contribution in [0.5, 0.6) is 0 Å². The lowest BCUT2D eigenvalue weighted by Crippen LogP contribution is -2.29. The fourth-order valence-corrected chi connectivity index (χ4v) is 3.26. The minimum atomic E-state index is -0.563. The first-order valence-electron chi connectivity index (χ1n) is 8.98. The number of carbonyl (C=O) groups excluding carboxylic acids is 2. The van der Waals surface area contributed by atoms with Crippen molar-refractivity contribution >= 4 is 33.4 Å². The summed E-state index contributed by atoms with van der Waals surface area (Å²) in [4.78, 5) is 25.5. The number of aryl methyl sites for hydroxylation is 3. The van der Waals surface area contributed by atoms with E-state index in [1.54, 1.807) is 29.5 Å². The molecule has 0 aliphatic carbocycles. The summed E-state index contributed by atoms with van der Waals surface area (Å²) in [6, 6.07) is -0.563. The highest BCUT2D eigenvalue weighted by Crippen LogP contribution is 2.24. The number of amides is 2. The molecule has 0 radical (unpaired) electrons. The Morgan fingerprint density at radius 3 is 2.52 bits per heavy atom. The van der Waals surface area contributed by atoms with Gasteiger partial charge >= 0.3 is 0 Å². The van der Waals surface area contributed by atoms with Gasteiger partial charge in [0.25, 0.3) is 5.91 Å². The zero-order valence-corrected chi connectivity index (χ0v) is 18.5. The lowest BCUT2D eigenvalue weighted by atomic mass is 10.2. The molecule has 0 saturated carbocycles. The molecule has 2 N–H and O–H groups in total. The quantitative estimate of drug-likeness (QED) is 0.580. The number of nitrogens with one attached hydrogen (secondary N) is 2. The van der Waals surface area contributed by atoms with E-state index >= 15 is 0 Å². The smallest absolute Gasteiger partial charge is 0.271 e. The number of hydrogen-bond acceptors (Lipinski definition) is 5. The number of rotatable bonds is 6. The molecule has 29 heavy (non-hydrogen) atoms. The highest BCUT2D eigenvalue weighted by Gasteiger charge is 2.24. The Morgan fingerprint density at radius 2 is 1.93 bits per heavy atom. The maximum atomic E-state index is 12.8. The maximum Gasteiger partial charge on any atom is 0.271 e. The van der Waals surface area contributed by atoms with Crippen LogP contribution in [0.2, 0.25) is 0 Å². The number of nitrogens with zero attached hydrogens (tertiary/aromatic N) is 6. The predicted molar refractivity (Wildman–Crippen MR) is 110 cm³/mol. The summed E-state index contributed by atoms with van der Waals surface area (Å²) in [6.45, 7) is 5.82. The van der Waals surface area contributed by atoms with Crippen molar-refractivity contribution in [3.63, 3.8) is 0 Å². The summed E-state index contributed by atoms with van der Waals surface area (Å²) >= 11 is 3.47. The maximum absolute atomic E-state index is 12.8. The third kappa shape index (κ3) is 4.24. The van der Waals surface area contributed by atoms with Gasteiger partial charge in [-0.3, -0.25) is 23.6 Å². The predicted octanol–water partition coefficient (Wildman–Crippen LogP) is 1.86. The molecule has 10 nitrogen and oxygen atoms in total. The molecule has 0 bridgehead atoms. The summed E-state index contributed by atoms with van der Waals surface area (Å²) in [7, 11) is 3.46. The second kappa shape index (κ2) is 8.19. The molecule has 0 aliphatic rings. The van der Waals surface area contributed by atoms with E-state index in [1.807, 2.05) is 27.1 Å². The fourth-order valence-electron chi connectivity index (χ4n) is 3.00. The van der Waals surface area contributed by atoms with Gasteiger partial charge in [-0.15, -0.1) is 0 Å². The summed E-state index contributed by atoms with van der Waals surface area (Å²) in [5.41, 5.74) is 3.14. The van der Waals surface area contributed by atoms with E-state index in [0.29, 0.717) is 12.2 Å². The minimum Gasteiger partial charge on any atom is -0.346 e. The average Bonchev–Trinajstić information content (AvgIpc) is 3.33. The van der Waals surface area contributed by atoms with Crippen molar-refractivity contribution in [2.45, 2.75) is 33.4 Å². The molecule has 0 aromatic carbocycles. The van der Waals surface area contributed by atoms with Gasteiger partial charge < -0.3 is 10.6 Å². The molecule has 0 spiro atoms. The van der Waals surface area contributed by atoms with Gasteiger partial charge in [-0.2, -0.15) is 15.3 Å². The third-order valence-electron chi connectivity index (χ3n) is 4.61. The first-order valence-corrected chi connectivity index (χ1v) is 9.78.